The van der Waals surface area contributed by atoms with Crippen LogP contribution in [0.1, 0.15) is 24.8 Å². The predicted octanol–water partition coefficient (Wildman–Crippen LogP) is 3.01. The highest BCUT2D eigenvalue weighted by atomic mass is 16.5. The van der Waals surface area contributed by atoms with Gasteiger partial charge in [0.15, 0.2) is 0 Å². The van der Waals surface area contributed by atoms with Gasteiger partial charge in [0.1, 0.15) is 5.75 Å². The van der Waals surface area contributed by atoms with Gasteiger partial charge in [0.2, 0.25) is 5.91 Å². The fourth-order valence-corrected chi connectivity index (χ4v) is 2.50. The molecule has 0 aliphatic heterocycles. The molecule has 1 aromatic rings. The van der Waals surface area contributed by atoms with Crippen molar-refractivity contribution in [3.05, 3.63) is 42.0 Å². The van der Waals surface area contributed by atoms with Crippen molar-refractivity contribution in [2.24, 2.45) is 5.92 Å². The number of ether oxygens (including phenoxy) is 1. The Labute approximate surface area is 114 Å². The van der Waals surface area contributed by atoms with Crippen molar-refractivity contribution < 1.29 is 9.53 Å². The summed E-state index contributed by atoms with van der Waals surface area (Å²) >= 11 is 0. The number of methoxy groups -OCH3 is 1. The molecule has 0 radical (unpaired) electrons. The van der Waals surface area contributed by atoms with E-state index in [1.807, 2.05) is 36.2 Å². The second kappa shape index (κ2) is 6.41. The van der Waals surface area contributed by atoms with E-state index in [1.165, 1.54) is 0 Å². The van der Waals surface area contributed by atoms with Crippen LogP contribution in [0.5, 0.6) is 5.75 Å². The fourth-order valence-electron chi connectivity index (χ4n) is 2.50. The van der Waals surface area contributed by atoms with E-state index < -0.39 is 0 Å². The normalized spacial score (nSPS) is 18.1. The maximum Gasteiger partial charge on any atom is 0.226 e. The lowest BCUT2D eigenvalue weighted by atomic mass is 9.93. The van der Waals surface area contributed by atoms with Crippen molar-refractivity contribution in [2.45, 2.75) is 25.8 Å². The molecule has 2 rings (SSSR count). The maximum atomic E-state index is 12.4. The number of carbonyl (C=O) groups is 1. The SMILES string of the molecule is COc1ccccc1CN(C)C(=O)C1CC=CCC1. The summed E-state index contributed by atoms with van der Waals surface area (Å²) in [6.07, 6.45) is 7.12. The summed E-state index contributed by atoms with van der Waals surface area (Å²) in [5.41, 5.74) is 1.05. The molecule has 0 spiro atoms. The molecule has 0 N–H and O–H groups in total. The molecule has 1 aromatic carbocycles. The number of allylic oxidation sites excluding steroid dienone is 2. The average Bonchev–Trinajstić information content (AvgIpc) is 2.48. The van der Waals surface area contributed by atoms with Gasteiger partial charge in [0, 0.05) is 25.1 Å². The van der Waals surface area contributed by atoms with Crippen LogP contribution in [0.3, 0.4) is 0 Å². The largest absolute Gasteiger partial charge is 0.496 e. The van der Waals surface area contributed by atoms with Crippen molar-refractivity contribution in [1.29, 1.82) is 0 Å². The first-order valence-corrected chi connectivity index (χ1v) is 6.74. The van der Waals surface area contributed by atoms with Gasteiger partial charge in [0.05, 0.1) is 7.11 Å². The number of hydrogen-bond donors (Lipinski definition) is 0. The van der Waals surface area contributed by atoms with E-state index in [4.69, 9.17) is 4.74 Å². The summed E-state index contributed by atoms with van der Waals surface area (Å²) in [4.78, 5) is 14.2. The second-order valence-electron chi connectivity index (χ2n) is 4.99. The summed E-state index contributed by atoms with van der Waals surface area (Å²) in [5, 5.41) is 0. The Bertz CT molecular complexity index is 468. The molecule has 3 nitrogen and oxygen atoms in total. The zero-order chi connectivity index (χ0) is 13.7. The molecule has 1 aliphatic rings. The summed E-state index contributed by atoms with van der Waals surface area (Å²) in [6, 6.07) is 7.84. The van der Waals surface area contributed by atoms with Crippen LogP contribution in [0, 0.1) is 5.92 Å². The van der Waals surface area contributed by atoms with Crippen molar-refractivity contribution in [3.8, 4) is 5.75 Å². The zero-order valence-electron chi connectivity index (χ0n) is 11.6. The number of hydrogen-bond acceptors (Lipinski definition) is 2. The Balaban J connectivity index is 2.01. The smallest absolute Gasteiger partial charge is 0.226 e. The predicted molar refractivity (Wildman–Crippen MR) is 75.9 cm³/mol. The highest BCUT2D eigenvalue weighted by Crippen LogP contribution is 2.23. The lowest BCUT2D eigenvalue weighted by Gasteiger charge is -2.25. The van der Waals surface area contributed by atoms with E-state index in [1.54, 1.807) is 7.11 Å². The molecule has 0 saturated carbocycles. The molecule has 3 heteroatoms. The van der Waals surface area contributed by atoms with Gasteiger partial charge in [0.25, 0.3) is 0 Å². The van der Waals surface area contributed by atoms with Crippen molar-refractivity contribution in [3.63, 3.8) is 0 Å². The van der Waals surface area contributed by atoms with Crippen LogP contribution in [0.15, 0.2) is 36.4 Å². The van der Waals surface area contributed by atoms with Gasteiger partial charge in [-0.3, -0.25) is 4.79 Å². The quantitative estimate of drug-likeness (QED) is 0.778. The summed E-state index contributed by atoms with van der Waals surface area (Å²) in [6.45, 7) is 0.600. The van der Waals surface area contributed by atoms with E-state index in [0.29, 0.717) is 6.54 Å². The first kappa shape index (κ1) is 13.7. The second-order valence-corrected chi connectivity index (χ2v) is 4.99. The average molecular weight is 259 g/mol. The molecular formula is C16H21NO2. The molecule has 0 heterocycles. The van der Waals surface area contributed by atoms with E-state index in [9.17, 15) is 4.79 Å². The highest BCUT2D eigenvalue weighted by Gasteiger charge is 2.22. The molecule has 102 valence electrons. The number of para-hydroxylation sites is 1. The van der Waals surface area contributed by atoms with Gasteiger partial charge in [-0.05, 0) is 25.3 Å². The number of benzene rings is 1. The van der Waals surface area contributed by atoms with Crippen LogP contribution in [-0.2, 0) is 11.3 Å². The molecule has 0 saturated heterocycles. The molecule has 1 unspecified atom stereocenters. The minimum absolute atomic E-state index is 0.143. The van der Waals surface area contributed by atoms with Crippen LogP contribution in [0.4, 0.5) is 0 Å². The number of nitrogens with zero attached hydrogens (tertiary/aromatic N) is 1. The molecule has 0 aromatic heterocycles. The van der Waals surface area contributed by atoms with Crippen LogP contribution >= 0.6 is 0 Å². The summed E-state index contributed by atoms with van der Waals surface area (Å²) in [7, 11) is 3.53. The molecule has 0 bridgehead atoms. The minimum Gasteiger partial charge on any atom is -0.496 e. The van der Waals surface area contributed by atoms with Crippen LogP contribution in [0.25, 0.3) is 0 Å². The number of rotatable bonds is 4. The van der Waals surface area contributed by atoms with Gasteiger partial charge in [-0.2, -0.15) is 0 Å². The van der Waals surface area contributed by atoms with Gasteiger partial charge in [-0.1, -0.05) is 30.4 Å². The molecule has 19 heavy (non-hydrogen) atoms. The van der Waals surface area contributed by atoms with E-state index in [-0.39, 0.29) is 11.8 Å². The molecule has 0 fully saturated rings. The Kier molecular flexibility index (Phi) is 4.61. The van der Waals surface area contributed by atoms with E-state index in [2.05, 4.69) is 12.2 Å². The monoisotopic (exact) mass is 259 g/mol. The first-order valence-electron chi connectivity index (χ1n) is 6.74. The molecule has 1 atom stereocenters. The number of amides is 1. The minimum atomic E-state index is 0.143. The van der Waals surface area contributed by atoms with Crippen LogP contribution in [0.2, 0.25) is 0 Å². The third-order valence-electron chi connectivity index (χ3n) is 3.59. The van der Waals surface area contributed by atoms with Gasteiger partial charge < -0.3 is 9.64 Å². The molecule has 1 aliphatic carbocycles. The lowest BCUT2D eigenvalue weighted by molar-refractivity contribution is -0.135. The maximum absolute atomic E-state index is 12.4. The van der Waals surface area contributed by atoms with Crippen molar-refractivity contribution >= 4 is 5.91 Å². The Morgan fingerprint density at radius 3 is 2.84 bits per heavy atom. The zero-order valence-corrected chi connectivity index (χ0v) is 11.6. The van der Waals surface area contributed by atoms with E-state index >= 15 is 0 Å². The molecule has 1 amide bonds. The van der Waals surface area contributed by atoms with Gasteiger partial charge in [-0.25, -0.2) is 0 Å². The first-order chi connectivity index (χ1) is 9.22. The van der Waals surface area contributed by atoms with Crippen LogP contribution < -0.4 is 4.74 Å². The fraction of sp³-hybridized carbons (Fsp3) is 0.438. The Hall–Kier alpha value is -1.77. The van der Waals surface area contributed by atoms with Crippen molar-refractivity contribution in [2.75, 3.05) is 14.2 Å². The van der Waals surface area contributed by atoms with Gasteiger partial charge >= 0.3 is 0 Å². The molecular weight excluding hydrogens is 238 g/mol. The third kappa shape index (κ3) is 3.37. The topological polar surface area (TPSA) is 29.5 Å². The highest BCUT2D eigenvalue weighted by molar-refractivity contribution is 5.79. The number of carbonyl (C=O) groups excluding carboxylic acids is 1. The lowest BCUT2D eigenvalue weighted by Crippen LogP contribution is -2.33. The van der Waals surface area contributed by atoms with Gasteiger partial charge in [-0.15, -0.1) is 0 Å². The standard InChI is InChI=1S/C16H21NO2/c1-17(16(18)13-8-4-3-5-9-13)12-14-10-6-7-11-15(14)19-2/h3-4,6-7,10-11,13H,5,8-9,12H2,1-2H3. The van der Waals surface area contributed by atoms with E-state index in [0.717, 1.165) is 30.6 Å². The summed E-state index contributed by atoms with van der Waals surface area (Å²) in [5.74, 6) is 1.21. The van der Waals surface area contributed by atoms with Crippen LogP contribution in [-0.4, -0.2) is 25.0 Å². The summed E-state index contributed by atoms with van der Waals surface area (Å²) < 4.78 is 5.32. The van der Waals surface area contributed by atoms with Crippen molar-refractivity contribution in [1.82, 2.24) is 4.90 Å². The third-order valence-corrected chi connectivity index (χ3v) is 3.59. The Morgan fingerprint density at radius 2 is 2.16 bits per heavy atom. The Morgan fingerprint density at radius 1 is 1.37 bits per heavy atom.